The molecule has 4 rings (SSSR count). The molecule has 0 spiro atoms. The van der Waals surface area contributed by atoms with Crippen LogP contribution in [0.3, 0.4) is 0 Å². The first-order valence-corrected chi connectivity index (χ1v) is 11.3. The highest BCUT2D eigenvalue weighted by molar-refractivity contribution is 6.08. The Morgan fingerprint density at radius 3 is 2.68 bits per heavy atom. The van der Waals surface area contributed by atoms with E-state index in [0.717, 1.165) is 11.1 Å². The second-order valence-corrected chi connectivity index (χ2v) is 8.80. The Morgan fingerprint density at radius 2 is 1.97 bits per heavy atom. The fraction of sp³-hybridized carbons (Fsp3) is 0.296. The Hall–Kier alpha value is -3.71. The number of aliphatic imine (C=N–C) groups is 1. The van der Waals surface area contributed by atoms with Crippen LogP contribution in [0.25, 0.3) is 0 Å². The van der Waals surface area contributed by atoms with Crippen LogP contribution in [-0.4, -0.2) is 42.9 Å². The number of amides is 2. The molecule has 2 amide bonds. The van der Waals surface area contributed by atoms with Gasteiger partial charge in [-0.05, 0) is 29.7 Å². The van der Waals surface area contributed by atoms with Crippen LogP contribution in [0.1, 0.15) is 34.8 Å². The molecule has 3 N–H and O–H groups in total. The number of ether oxygens (including phenoxy) is 1. The number of benzene rings is 2. The second kappa shape index (κ2) is 9.65. The van der Waals surface area contributed by atoms with Crippen molar-refractivity contribution in [3.05, 3.63) is 95.6 Å². The van der Waals surface area contributed by atoms with Gasteiger partial charge in [-0.1, -0.05) is 73.7 Å². The van der Waals surface area contributed by atoms with Gasteiger partial charge in [0.05, 0.1) is 13.2 Å². The van der Waals surface area contributed by atoms with Crippen molar-refractivity contribution in [3.63, 3.8) is 0 Å². The zero-order chi connectivity index (χ0) is 24.2. The van der Waals surface area contributed by atoms with Gasteiger partial charge in [-0.2, -0.15) is 0 Å². The lowest BCUT2D eigenvalue weighted by Gasteiger charge is -2.41. The fourth-order valence-corrected chi connectivity index (χ4v) is 4.66. The smallest absolute Gasteiger partial charge is 0.263 e. The van der Waals surface area contributed by atoms with E-state index < -0.39 is 11.0 Å². The molecule has 7 nitrogen and oxygen atoms in total. The minimum atomic E-state index is -1.17. The molecule has 1 aliphatic carbocycles. The van der Waals surface area contributed by atoms with E-state index in [4.69, 9.17) is 15.5 Å². The molecule has 1 aliphatic heterocycles. The fourth-order valence-electron chi connectivity index (χ4n) is 4.66. The number of rotatable bonds is 8. The molecule has 2 unspecified atom stereocenters. The molecule has 2 aromatic rings. The summed E-state index contributed by atoms with van der Waals surface area (Å²) in [4.78, 5) is 32.9. The van der Waals surface area contributed by atoms with Crippen LogP contribution in [0.15, 0.2) is 83.9 Å². The summed E-state index contributed by atoms with van der Waals surface area (Å²) < 4.78 is 4.98. The predicted octanol–water partition coefficient (Wildman–Crippen LogP) is 3.14. The standard InChI is InChI=1S/C27H30N4O3/c1-26(14-7-4-8-15-26)27(22-12-5-3-6-13-22)24(33)31(25(28)30-27)19-20-10-9-11-21(18-20)23(32)29-16-17-34-2/h3-14,18H,15-17,19H2,1-2H3,(H2,28,30)(H,29,32). The van der Waals surface area contributed by atoms with Gasteiger partial charge in [0.15, 0.2) is 11.5 Å². The Balaban J connectivity index is 1.65. The molecule has 2 aliphatic rings. The highest BCUT2D eigenvalue weighted by atomic mass is 16.5. The maximum absolute atomic E-state index is 14.1. The summed E-state index contributed by atoms with van der Waals surface area (Å²) in [6.07, 6.45) is 8.70. The van der Waals surface area contributed by atoms with Crippen LogP contribution in [0.5, 0.6) is 0 Å². The van der Waals surface area contributed by atoms with Crippen molar-refractivity contribution in [2.45, 2.75) is 25.4 Å². The molecule has 2 aromatic carbocycles. The van der Waals surface area contributed by atoms with E-state index in [1.165, 1.54) is 4.90 Å². The molecular formula is C27H30N4O3. The summed E-state index contributed by atoms with van der Waals surface area (Å²) in [5, 5.41) is 2.81. The van der Waals surface area contributed by atoms with Crippen molar-refractivity contribution in [3.8, 4) is 0 Å². The third-order valence-electron chi connectivity index (χ3n) is 6.51. The van der Waals surface area contributed by atoms with Crippen molar-refractivity contribution in [2.75, 3.05) is 20.3 Å². The number of allylic oxidation sites excluding steroid dienone is 3. The summed E-state index contributed by atoms with van der Waals surface area (Å²) >= 11 is 0. The number of nitrogens with zero attached hydrogens (tertiary/aromatic N) is 2. The summed E-state index contributed by atoms with van der Waals surface area (Å²) in [6, 6.07) is 16.8. The number of hydrogen-bond acceptors (Lipinski definition) is 5. The maximum atomic E-state index is 14.1. The van der Waals surface area contributed by atoms with Crippen LogP contribution < -0.4 is 11.1 Å². The third kappa shape index (κ3) is 4.15. The molecule has 0 saturated carbocycles. The topological polar surface area (TPSA) is 97.0 Å². The van der Waals surface area contributed by atoms with Gasteiger partial charge < -0.3 is 15.8 Å². The van der Waals surface area contributed by atoms with Crippen molar-refractivity contribution in [1.82, 2.24) is 10.2 Å². The SMILES string of the molecule is COCCNC(=O)c1cccc(CN2C(=O)C(c3ccccc3)(C3(C)C=CC=CC3)N=C2N)c1. The minimum Gasteiger partial charge on any atom is -0.383 e. The lowest BCUT2D eigenvalue weighted by molar-refractivity contribution is -0.135. The molecule has 7 heteroatoms. The quantitative estimate of drug-likeness (QED) is 0.594. The van der Waals surface area contributed by atoms with Crippen LogP contribution in [-0.2, 0) is 21.6 Å². The average Bonchev–Trinajstić information content (AvgIpc) is 3.11. The zero-order valence-electron chi connectivity index (χ0n) is 19.5. The van der Waals surface area contributed by atoms with E-state index in [9.17, 15) is 9.59 Å². The number of carbonyl (C=O) groups is 2. The Morgan fingerprint density at radius 1 is 1.18 bits per heavy atom. The molecule has 0 bridgehead atoms. The van der Waals surface area contributed by atoms with E-state index in [-0.39, 0.29) is 24.3 Å². The first kappa shape index (κ1) is 23.4. The summed E-state index contributed by atoms with van der Waals surface area (Å²) in [5.41, 5.74) is 6.75. The predicted molar refractivity (Wildman–Crippen MR) is 132 cm³/mol. The van der Waals surface area contributed by atoms with E-state index in [1.54, 1.807) is 25.3 Å². The number of nitrogens with two attached hydrogens (primary N) is 1. The van der Waals surface area contributed by atoms with E-state index >= 15 is 0 Å². The minimum absolute atomic E-state index is 0.173. The van der Waals surface area contributed by atoms with Crippen LogP contribution >= 0.6 is 0 Å². The highest BCUT2D eigenvalue weighted by Gasteiger charge is 2.59. The summed E-state index contributed by atoms with van der Waals surface area (Å²) in [6.45, 7) is 3.12. The zero-order valence-corrected chi connectivity index (χ0v) is 19.5. The van der Waals surface area contributed by atoms with Crippen LogP contribution in [0, 0.1) is 5.41 Å². The van der Waals surface area contributed by atoms with Gasteiger partial charge in [-0.15, -0.1) is 0 Å². The van der Waals surface area contributed by atoms with Gasteiger partial charge in [0.1, 0.15) is 0 Å². The first-order valence-electron chi connectivity index (χ1n) is 11.3. The van der Waals surface area contributed by atoms with Crippen molar-refractivity contribution < 1.29 is 14.3 Å². The number of nitrogens with one attached hydrogen (secondary N) is 1. The lowest BCUT2D eigenvalue weighted by atomic mass is 9.64. The highest BCUT2D eigenvalue weighted by Crippen LogP contribution is 2.51. The van der Waals surface area contributed by atoms with Gasteiger partial charge in [0.2, 0.25) is 0 Å². The molecule has 176 valence electrons. The second-order valence-electron chi connectivity index (χ2n) is 8.80. The monoisotopic (exact) mass is 458 g/mol. The molecule has 34 heavy (non-hydrogen) atoms. The molecular weight excluding hydrogens is 428 g/mol. The Bertz CT molecular complexity index is 1160. The van der Waals surface area contributed by atoms with E-state index in [0.29, 0.717) is 25.1 Å². The average molecular weight is 459 g/mol. The van der Waals surface area contributed by atoms with Gasteiger partial charge in [0.25, 0.3) is 11.8 Å². The van der Waals surface area contributed by atoms with Crippen LogP contribution in [0.2, 0.25) is 0 Å². The van der Waals surface area contributed by atoms with Gasteiger partial charge >= 0.3 is 0 Å². The lowest BCUT2D eigenvalue weighted by Crippen LogP contribution is -2.50. The molecule has 0 fully saturated rings. The van der Waals surface area contributed by atoms with Crippen molar-refractivity contribution in [2.24, 2.45) is 16.1 Å². The van der Waals surface area contributed by atoms with Crippen LogP contribution in [0.4, 0.5) is 0 Å². The molecule has 0 radical (unpaired) electrons. The first-order chi connectivity index (χ1) is 16.4. The third-order valence-corrected chi connectivity index (χ3v) is 6.51. The molecule has 0 aromatic heterocycles. The normalized spacial score (nSPS) is 23.8. The van der Waals surface area contributed by atoms with Crippen molar-refractivity contribution >= 4 is 17.8 Å². The number of carbonyl (C=O) groups excluding carboxylic acids is 2. The summed E-state index contributed by atoms with van der Waals surface area (Å²) in [5.74, 6) is -0.194. The number of guanidine groups is 1. The van der Waals surface area contributed by atoms with Gasteiger partial charge in [-0.3, -0.25) is 14.5 Å². The van der Waals surface area contributed by atoms with E-state index in [2.05, 4.69) is 11.4 Å². The van der Waals surface area contributed by atoms with E-state index in [1.807, 2.05) is 61.5 Å². The Kier molecular flexibility index (Phi) is 6.65. The molecule has 2 atom stereocenters. The summed E-state index contributed by atoms with van der Waals surface area (Å²) in [7, 11) is 1.58. The maximum Gasteiger partial charge on any atom is 0.263 e. The largest absolute Gasteiger partial charge is 0.383 e. The van der Waals surface area contributed by atoms with Crippen molar-refractivity contribution in [1.29, 1.82) is 0 Å². The molecule has 1 heterocycles. The molecule has 0 saturated heterocycles. The Labute approximate surface area is 200 Å². The van der Waals surface area contributed by atoms with Gasteiger partial charge in [0, 0.05) is 24.6 Å². The number of methoxy groups -OCH3 is 1. The van der Waals surface area contributed by atoms with Gasteiger partial charge in [-0.25, -0.2) is 4.99 Å². The number of hydrogen-bond donors (Lipinski definition) is 2.